The Bertz CT molecular complexity index is 1550. The molecule has 0 aliphatic heterocycles. The summed E-state index contributed by atoms with van der Waals surface area (Å²) in [6.07, 6.45) is 1.56. The first kappa shape index (κ1) is 20.4. The zero-order valence-corrected chi connectivity index (χ0v) is 18.4. The fourth-order valence-electron chi connectivity index (χ4n) is 3.91. The Morgan fingerprint density at radius 3 is 2.56 bits per heavy atom. The largest absolute Gasteiger partial charge is 0.341 e. The summed E-state index contributed by atoms with van der Waals surface area (Å²) in [6.45, 7) is 0.678. The SMILES string of the molecule is CN(C)Cc1nc2ccc(-c3cn(S(=O)(=O)c4ccccc4)c4cc(F)ccc34)cc2[nH]1. The van der Waals surface area contributed by atoms with E-state index < -0.39 is 15.8 Å². The molecule has 0 radical (unpaired) electrons. The van der Waals surface area contributed by atoms with Gasteiger partial charge in [-0.1, -0.05) is 24.3 Å². The first-order valence-electron chi connectivity index (χ1n) is 10.1. The number of hydrogen-bond donors (Lipinski definition) is 1. The minimum Gasteiger partial charge on any atom is -0.341 e. The highest BCUT2D eigenvalue weighted by Gasteiger charge is 2.22. The lowest BCUT2D eigenvalue weighted by atomic mass is 10.0. The Morgan fingerprint density at radius 1 is 1.03 bits per heavy atom. The molecule has 0 atom stereocenters. The number of nitrogens with zero attached hydrogens (tertiary/aromatic N) is 3. The van der Waals surface area contributed by atoms with Crippen LogP contribution in [0.4, 0.5) is 4.39 Å². The first-order valence-corrected chi connectivity index (χ1v) is 11.5. The number of rotatable bonds is 5. The van der Waals surface area contributed by atoms with Gasteiger partial charge >= 0.3 is 0 Å². The molecule has 5 aromatic rings. The van der Waals surface area contributed by atoms with E-state index in [-0.39, 0.29) is 4.90 Å². The number of hydrogen-bond acceptors (Lipinski definition) is 4. The summed E-state index contributed by atoms with van der Waals surface area (Å²) in [5.74, 6) is 0.349. The molecule has 0 aliphatic rings. The minimum absolute atomic E-state index is 0.144. The molecule has 0 aliphatic carbocycles. The maximum atomic E-state index is 14.1. The fraction of sp³-hybridized carbons (Fsp3) is 0.125. The third kappa shape index (κ3) is 3.47. The normalized spacial score (nSPS) is 12.2. The van der Waals surface area contributed by atoms with Crippen molar-refractivity contribution < 1.29 is 12.8 Å². The van der Waals surface area contributed by atoms with Gasteiger partial charge in [0.1, 0.15) is 11.6 Å². The number of imidazole rings is 1. The zero-order chi connectivity index (χ0) is 22.5. The Labute approximate surface area is 185 Å². The van der Waals surface area contributed by atoms with Crippen molar-refractivity contribution in [3.8, 4) is 11.1 Å². The number of H-pyrrole nitrogens is 1. The van der Waals surface area contributed by atoms with Crippen molar-refractivity contribution in [2.75, 3.05) is 14.1 Å². The Balaban J connectivity index is 1.70. The van der Waals surface area contributed by atoms with Gasteiger partial charge in [-0.05, 0) is 62.1 Å². The van der Waals surface area contributed by atoms with Crippen LogP contribution < -0.4 is 0 Å². The quantitative estimate of drug-likeness (QED) is 0.426. The summed E-state index contributed by atoms with van der Waals surface area (Å²) < 4.78 is 41.9. The third-order valence-corrected chi connectivity index (χ3v) is 7.03. The molecule has 0 saturated carbocycles. The van der Waals surface area contributed by atoms with E-state index >= 15 is 0 Å². The Kier molecular flexibility index (Phi) is 4.83. The van der Waals surface area contributed by atoms with Crippen molar-refractivity contribution in [2.24, 2.45) is 0 Å². The van der Waals surface area contributed by atoms with Gasteiger partial charge < -0.3 is 9.88 Å². The van der Waals surface area contributed by atoms with Crippen LogP contribution in [0, 0.1) is 5.82 Å². The van der Waals surface area contributed by atoms with Crippen LogP contribution in [0.5, 0.6) is 0 Å². The highest BCUT2D eigenvalue weighted by Crippen LogP contribution is 2.34. The smallest absolute Gasteiger partial charge is 0.268 e. The van der Waals surface area contributed by atoms with Crippen LogP contribution in [0.15, 0.2) is 77.8 Å². The van der Waals surface area contributed by atoms with E-state index in [1.807, 2.05) is 37.2 Å². The Morgan fingerprint density at radius 2 is 1.81 bits per heavy atom. The number of nitrogens with one attached hydrogen (secondary N) is 1. The lowest BCUT2D eigenvalue weighted by Crippen LogP contribution is -2.11. The molecular formula is C24H21FN4O2S. The second kappa shape index (κ2) is 7.58. The first-order chi connectivity index (χ1) is 15.3. The maximum absolute atomic E-state index is 14.1. The number of aromatic amines is 1. The van der Waals surface area contributed by atoms with Crippen LogP contribution in [0.3, 0.4) is 0 Å². The molecule has 0 fully saturated rings. The van der Waals surface area contributed by atoms with Crippen LogP contribution in [0.2, 0.25) is 0 Å². The van der Waals surface area contributed by atoms with Crippen LogP contribution >= 0.6 is 0 Å². The van der Waals surface area contributed by atoms with Crippen LogP contribution in [-0.2, 0) is 16.6 Å². The second-order valence-electron chi connectivity index (χ2n) is 7.97. The molecule has 0 saturated heterocycles. The van der Waals surface area contributed by atoms with Gasteiger partial charge in [-0.25, -0.2) is 21.8 Å². The van der Waals surface area contributed by atoms with Gasteiger partial charge in [-0.15, -0.1) is 0 Å². The van der Waals surface area contributed by atoms with Crippen LogP contribution in [-0.4, -0.2) is 41.4 Å². The van der Waals surface area contributed by atoms with E-state index in [2.05, 4.69) is 9.97 Å². The molecule has 8 heteroatoms. The molecule has 2 heterocycles. The predicted molar refractivity (Wildman–Crippen MR) is 123 cm³/mol. The number of aromatic nitrogens is 3. The third-order valence-electron chi connectivity index (χ3n) is 5.34. The summed E-state index contributed by atoms with van der Waals surface area (Å²) in [5.41, 5.74) is 3.49. The van der Waals surface area contributed by atoms with Crippen LogP contribution in [0.25, 0.3) is 33.1 Å². The van der Waals surface area contributed by atoms with E-state index in [4.69, 9.17) is 0 Å². The summed E-state index contributed by atoms with van der Waals surface area (Å²) >= 11 is 0. The summed E-state index contributed by atoms with van der Waals surface area (Å²) in [5, 5.41) is 0.651. The van der Waals surface area contributed by atoms with Gasteiger partial charge in [-0.3, -0.25) is 0 Å². The molecular weight excluding hydrogens is 427 g/mol. The number of benzene rings is 3. The molecule has 1 N–H and O–H groups in total. The lowest BCUT2D eigenvalue weighted by molar-refractivity contribution is 0.392. The highest BCUT2D eigenvalue weighted by atomic mass is 32.2. The van der Waals surface area contributed by atoms with Gasteiger partial charge in [0, 0.05) is 17.1 Å². The van der Waals surface area contributed by atoms with Crippen LogP contribution in [0.1, 0.15) is 5.82 Å². The zero-order valence-electron chi connectivity index (χ0n) is 17.6. The minimum atomic E-state index is -3.90. The van der Waals surface area contributed by atoms with Crippen molar-refractivity contribution in [2.45, 2.75) is 11.4 Å². The molecule has 162 valence electrons. The molecule has 0 unspecified atom stereocenters. The summed E-state index contributed by atoms with van der Waals surface area (Å²) in [4.78, 5) is 10.1. The molecule has 32 heavy (non-hydrogen) atoms. The van der Waals surface area contributed by atoms with Gasteiger partial charge in [-0.2, -0.15) is 0 Å². The van der Waals surface area contributed by atoms with E-state index in [1.54, 1.807) is 30.5 Å². The average Bonchev–Trinajstić information content (AvgIpc) is 3.34. The van der Waals surface area contributed by atoms with Crippen molar-refractivity contribution in [3.63, 3.8) is 0 Å². The molecule has 3 aromatic carbocycles. The van der Waals surface area contributed by atoms with E-state index in [1.165, 1.54) is 24.3 Å². The average molecular weight is 449 g/mol. The summed E-state index contributed by atoms with van der Waals surface area (Å²) in [6, 6.07) is 18.1. The van der Waals surface area contributed by atoms with Gasteiger partial charge in [0.15, 0.2) is 0 Å². The maximum Gasteiger partial charge on any atom is 0.268 e. The molecule has 0 spiro atoms. The van der Waals surface area contributed by atoms with E-state index in [9.17, 15) is 12.8 Å². The fourth-order valence-corrected chi connectivity index (χ4v) is 5.29. The molecule has 0 amide bonds. The molecule has 0 bridgehead atoms. The van der Waals surface area contributed by atoms with E-state index in [0.29, 0.717) is 23.0 Å². The molecule has 2 aromatic heterocycles. The van der Waals surface area contributed by atoms with Crippen molar-refractivity contribution in [3.05, 3.63) is 84.6 Å². The van der Waals surface area contributed by atoms with Crippen molar-refractivity contribution in [1.29, 1.82) is 0 Å². The highest BCUT2D eigenvalue weighted by molar-refractivity contribution is 7.90. The second-order valence-corrected chi connectivity index (χ2v) is 9.79. The Hall–Kier alpha value is -3.49. The summed E-state index contributed by atoms with van der Waals surface area (Å²) in [7, 11) is 0.0470. The van der Waals surface area contributed by atoms with Crippen molar-refractivity contribution in [1.82, 2.24) is 18.8 Å². The number of halogens is 1. The monoisotopic (exact) mass is 448 g/mol. The van der Waals surface area contributed by atoms with Gasteiger partial charge in [0.25, 0.3) is 10.0 Å². The van der Waals surface area contributed by atoms with Gasteiger partial charge in [0.05, 0.1) is 28.0 Å². The molecule has 5 rings (SSSR count). The molecule has 6 nitrogen and oxygen atoms in total. The van der Waals surface area contributed by atoms with Crippen molar-refractivity contribution >= 4 is 32.0 Å². The van der Waals surface area contributed by atoms with E-state index in [0.717, 1.165) is 26.4 Å². The lowest BCUT2D eigenvalue weighted by Gasteiger charge is -2.07. The van der Waals surface area contributed by atoms with Gasteiger partial charge in [0.2, 0.25) is 0 Å². The standard InChI is InChI=1S/C24H21FN4O2S/c1-28(2)15-24-26-21-11-8-16(12-22(21)27-24)20-14-29(23-13-17(25)9-10-19(20)23)32(30,31)18-6-4-3-5-7-18/h3-14H,15H2,1-2H3,(H,26,27). The topological polar surface area (TPSA) is 71.0 Å². The number of fused-ring (bicyclic) bond motifs is 2. The predicted octanol–water partition coefficient (Wildman–Crippen LogP) is 4.62.